The Balaban J connectivity index is 2.57. The van der Waals surface area contributed by atoms with Crippen molar-refractivity contribution in [3.8, 4) is 0 Å². The molecule has 16 heavy (non-hydrogen) atoms. The molecule has 0 radical (unpaired) electrons. The Labute approximate surface area is 98.1 Å². The molecular formula is C12H22N4. The Hall–Kier alpha value is -1.32. The monoisotopic (exact) mass is 222 g/mol. The average Bonchev–Trinajstić information content (AvgIpc) is 2.26. The van der Waals surface area contributed by atoms with Crippen LogP contribution in [0, 0.1) is 11.8 Å². The van der Waals surface area contributed by atoms with Gasteiger partial charge in [0.05, 0.1) is 0 Å². The van der Waals surface area contributed by atoms with E-state index in [0.717, 1.165) is 18.3 Å². The van der Waals surface area contributed by atoms with Gasteiger partial charge in [0.1, 0.15) is 5.82 Å². The Morgan fingerprint density at radius 2 is 2.00 bits per heavy atom. The van der Waals surface area contributed by atoms with Crippen LogP contribution < -0.4 is 10.2 Å². The molecule has 0 amide bonds. The number of aromatic nitrogens is 2. The maximum atomic E-state index is 4.41. The second-order valence-corrected chi connectivity index (χ2v) is 4.74. The molecule has 4 nitrogen and oxygen atoms in total. The lowest BCUT2D eigenvalue weighted by atomic mass is 9.98. The molecule has 0 aliphatic heterocycles. The molecule has 1 aromatic heterocycles. The van der Waals surface area contributed by atoms with E-state index in [1.54, 1.807) is 6.20 Å². The van der Waals surface area contributed by atoms with E-state index in [1.807, 2.05) is 25.1 Å². The summed E-state index contributed by atoms with van der Waals surface area (Å²) in [6.07, 6.45) is 1.78. The molecule has 0 saturated heterocycles. The van der Waals surface area contributed by atoms with Gasteiger partial charge in [-0.05, 0) is 17.9 Å². The van der Waals surface area contributed by atoms with E-state index >= 15 is 0 Å². The van der Waals surface area contributed by atoms with Gasteiger partial charge in [0.25, 0.3) is 0 Å². The van der Waals surface area contributed by atoms with Crippen molar-refractivity contribution in [2.45, 2.75) is 20.8 Å². The molecule has 0 fully saturated rings. The molecule has 1 aromatic rings. The van der Waals surface area contributed by atoms with Crippen molar-refractivity contribution in [2.24, 2.45) is 11.8 Å². The summed E-state index contributed by atoms with van der Waals surface area (Å²) in [5.74, 6) is 2.95. The first-order chi connectivity index (χ1) is 7.50. The summed E-state index contributed by atoms with van der Waals surface area (Å²) < 4.78 is 0. The van der Waals surface area contributed by atoms with Crippen LogP contribution in [-0.4, -0.2) is 30.6 Å². The van der Waals surface area contributed by atoms with Crippen molar-refractivity contribution in [3.63, 3.8) is 0 Å². The van der Waals surface area contributed by atoms with Gasteiger partial charge in [0.2, 0.25) is 5.95 Å². The molecular weight excluding hydrogens is 200 g/mol. The third-order valence-corrected chi connectivity index (χ3v) is 2.79. The molecule has 1 N–H and O–H groups in total. The number of hydrogen-bond acceptors (Lipinski definition) is 4. The van der Waals surface area contributed by atoms with Gasteiger partial charge in [0.15, 0.2) is 0 Å². The first-order valence-electron chi connectivity index (χ1n) is 5.75. The topological polar surface area (TPSA) is 41.1 Å². The zero-order valence-electron chi connectivity index (χ0n) is 10.9. The van der Waals surface area contributed by atoms with E-state index in [9.17, 15) is 0 Å². The maximum absolute atomic E-state index is 4.41. The lowest BCUT2D eigenvalue weighted by Crippen LogP contribution is -2.18. The maximum Gasteiger partial charge on any atom is 0.226 e. The summed E-state index contributed by atoms with van der Waals surface area (Å²) in [6, 6.07) is 1.90. The van der Waals surface area contributed by atoms with Gasteiger partial charge in [0, 0.05) is 26.8 Å². The highest BCUT2D eigenvalue weighted by Crippen LogP contribution is 2.12. The molecule has 90 valence electrons. The standard InChI is InChI=1S/C12H22N4/c1-9(2)10(3)8-14-11-6-7-13-12(15-11)16(4)5/h6-7,9-10H,8H2,1-5H3,(H,13,14,15). The van der Waals surface area contributed by atoms with Crippen molar-refractivity contribution in [2.75, 3.05) is 30.9 Å². The van der Waals surface area contributed by atoms with E-state index < -0.39 is 0 Å². The van der Waals surface area contributed by atoms with Crippen molar-refractivity contribution in [1.82, 2.24) is 9.97 Å². The minimum absolute atomic E-state index is 0.637. The fourth-order valence-electron chi connectivity index (χ4n) is 1.16. The van der Waals surface area contributed by atoms with Gasteiger partial charge in [-0.2, -0.15) is 4.98 Å². The summed E-state index contributed by atoms with van der Waals surface area (Å²) >= 11 is 0. The third-order valence-electron chi connectivity index (χ3n) is 2.79. The molecule has 0 aliphatic rings. The van der Waals surface area contributed by atoms with Crippen LogP contribution in [0.15, 0.2) is 12.3 Å². The molecule has 1 unspecified atom stereocenters. The van der Waals surface area contributed by atoms with Crippen LogP contribution in [0.2, 0.25) is 0 Å². The fourth-order valence-corrected chi connectivity index (χ4v) is 1.16. The second kappa shape index (κ2) is 5.68. The zero-order chi connectivity index (χ0) is 12.1. The Morgan fingerprint density at radius 3 is 2.56 bits per heavy atom. The van der Waals surface area contributed by atoms with E-state index in [0.29, 0.717) is 11.8 Å². The van der Waals surface area contributed by atoms with Gasteiger partial charge in [-0.15, -0.1) is 0 Å². The highest BCUT2D eigenvalue weighted by Gasteiger charge is 2.07. The predicted molar refractivity (Wildman–Crippen MR) is 68.9 cm³/mol. The van der Waals surface area contributed by atoms with Gasteiger partial charge in [-0.3, -0.25) is 0 Å². The molecule has 0 saturated carbocycles. The van der Waals surface area contributed by atoms with E-state index in [-0.39, 0.29) is 0 Å². The smallest absolute Gasteiger partial charge is 0.226 e. The summed E-state index contributed by atoms with van der Waals surface area (Å²) in [5, 5.41) is 3.34. The Bertz CT molecular complexity index is 323. The number of nitrogens with one attached hydrogen (secondary N) is 1. The molecule has 1 rings (SSSR count). The molecule has 1 atom stereocenters. The van der Waals surface area contributed by atoms with E-state index in [4.69, 9.17) is 0 Å². The SMILES string of the molecule is CC(C)C(C)CNc1ccnc(N(C)C)n1. The van der Waals surface area contributed by atoms with Crippen molar-refractivity contribution < 1.29 is 0 Å². The first-order valence-corrected chi connectivity index (χ1v) is 5.75. The van der Waals surface area contributed by atoms with Crippen LogP contribution in [0.1, 0.15) is 20.8 Å². The van der Waals surface area contributed by atoms with Crippen LogP contribution in [0.4, 0.5) is 11.8 Å². The van der Waals surface area contributed by atoms with Crippen molar-refractivity contribution in [3.05, 3.63) is 12.3 Å². The highest BCUT2D eigenvalue weighted by molar-refractivity contribution is 5.40. The van der Waals surface area contributed by atoms with Gasteiger partial charge < -0.3 is 10.2 Å². The fraction of sp³-hybridized carbons (Fsp3) is 0.667. The van der Waals surface area contributed by atoms with Crippen LogP contribution in [-0.2, 0) is 0 Å². The average molecular weight is 222 g/mol. The lowest BCUT2D eigenvalue weighted by molar-refractivity contribution is 0.439. The van der Waals surface area contributed by atoms with Crippen LogP contribution in [0.25, 0.3) is 0 Å². The minimum atomic E-state index is 0.637. The quantitative estimate of drug-likeness (QED) is 0.829. The van der Waals surface area contributed by atoms with Gasteiger partial charge in [-0.25, -0.2) is 4.98 Å². The van der Waals surface area contributed by atoms with Gasteiger partial charge >= 0.3 is 0 Å². The predicted octanol–water partition coefficient (Wildman–Crippen LogP) is 2.25. The number of rotatable bonds is 5. The summed E-state index contributed by atoms with van der Waals surface area (Å²) in [4.78, 5) is 10.5. The molecule has 1 heterocycles. The third kappa shape index (κ3) is 3.68. The summed E-state index contributed by atoms with van der Waals surface area (Å²) in [7, 11) is 3.88. The number of nitrogens with zero attached hydrogens (tertiary/aromatic N) is 3. The zero-order valence-corrected chi connectivity index (χ0v) is 10.9. The normalized spacial score (nSPS) is 12.6. The summed E-state index contributed by atoms with van der Waals surface area (Å²) in [5.41, 5.74) is 0. The van der Waals surface area contributed by atoms with Crippen LogP contribution in [0.3, 0.4) is 0 Å². The Kier molecular flexibility index (Phi) is 4.52. The van der Waals surface area contributed by atoms with Crippen molar-refractivity contribution >= 4 is 11.8 Å². The largest absolute Gasteiger partial charge is 0.370 e. The van der Waals surface area contributed by atoms with Crippen LogP contribution >= 0.6 is 0 Å². The Morgan fingerprint density at radius 1 is 1.31 bits per heavy atom. The number of anilines is 2. The van der Waals surface area contributed by atoms with E-state index in [1.165, 1.54) is 0 Å². The molecule has 0 spiro atoms. The van der Waals surface area contributed by atoms with Crippen molar-refractivity contribution in [1.29, 1.82) is 0 Å². The molecule has 0 aliphatic carbocycles. The summed E-state index contributed by atoms with van der Waals surface area (Å²) in [6.45, 7) is 7.66. The second-order valence-electron chi connectivity index (χ2n) is 4.74. The van der Waals surface area contributed by atoms with Crippen LogP contribution in [0.5, 0.6) is 0 Å². The first kappa shape index (κ1) is 12.7. The van der Waals surface area contributed by atoms with Gasteiger partial charge in [-0.1, -0.05) is 20.8 Å². The minimum Gasteiger partial charge on any atom is -0.370 e. The lowest BCUT2D eigenvalue weighted by Gasteiger charge is -2.17. The highest BCUT2D eigenvalue weighted by atomic mass is 15.2. The number of hydrogen-bond donors (Lipinski definition) is 1. The molecule has 0 aromatic carbocycles. The van der Waals surface area contributed by atoms with E-state index in [2.05, 4.69) is 36.1 Å². The molecule has 4 heteroatoms. The molecule has 0 bridgehead atoms.